The third-order valence-corrected chi connectivity index (χ3v) is 4.79. The minimum absolute atomic E-state index is 0.581. The Kier molecular flexibility index (Phi) is 2.78. The Morgan fingerprint density at radius 3 is 2.65 bits per heavy atom. The lowest BCUT2D eigenvalue weighted by atomic mass is 10.2. The second-order valence-electron chi connectivity index (χ2n) is 5.43. The first-order valence-corrected chi connectivity index (χ1v) is 7.80. The molecule has 1 heterocycles. The standard InChI is InChI=1S/C15H14N4S/c16-9-11-3-1-2-4-13(11)20-15-18-17-14(10-5-6-10)19(15)12-7-8-12/h1-4,10,12H,5-8H2. The second-order valence-corrected chi connectivity index (χ2v) is 6.44. The van der Waals surface area contributed by atoms with Crippen LogP contribution in [0.3, 0.4) is 0 Å². The van der Waals surface area contributed by atoms with Crippen molar-refractivity contribution in [2.45, 2.75) is 47.7 Å². The smallest absolute Gasteiger partial charge is 0.196 e. The van der Waals surface area contributed by atoms with Crippen LogP contribution in [0.2, 0.25) is 0 Å². The van der Waals surface area contributed by atoms with Gasteiger partial charge in [0.05, 0.1) is 5.56 Å². The lowest BCUT2D eigenvalue weighted by molar-refractivity contribution is 0.627. The molecule has 2 saturated carbocycles. The van der Waals surface area contributed by atoms with Gasteiger partial charge in [0.2, 0.25) is 0 Å². The van der Waals surface area contributed by atoms with Crippen LogP contribution in [0.5, 0.6) is 0 Å². The van der Waals surface area contributed by atoms with E-state index in [4.69, 9.17) is 0 Å². The second kappa shape index (κ2) is 4.64. The minimum Gasteiger partial charge on any atom is -0.302 e. The number of benzene rings is 1. The predicted octanol–water partition coefficient (Wildman–Crippen LogP) is 3.51. The zero-order chi connectivity index (χ0) is 13.5. The summed E-state index contributed by atoms with van der Waals surface area (Å²) in [5.41, 5.74) is 0.704. The Hall–Kier alpha value is -1.80. The average Bonchev–Trinajstić information content (AvgIpc) is 3.39. The summed E-state index contributed by atoms with van der Waals surface area (Å²) >= 11 is 1.57. The van der Waals surface area contributed by atoms with Crippen LogP contribution in [0.15, 0.2) is 34.3 Å². The number of rotatable bonds is 4. The molecule has 0 saturated heterocycles. The van der Waals surface area contributed by atoms with Crippen molar-refractivity contribution in [1.29, 1.82) is 5.26 Å². The van der Waals surface area contributed by atoms with Crippen LogP contribution < -0.4 is 0 Å². The van der Waals surface area contributed by atoms with E-state index in [0.717, 1.165) is 15.9 Å². The number of aromatic nitrogens is 3. The molecule has 2 aromatic rings. The molecule has 5 heteroatoms. The molecule has 1 aromatic heterocycles. The molecule has 0 radical (unpaired) electrons. The lowest BCUT2D eigenvalue weighted by Crippen LogP contribution is -2.01. The molecule has 2 aliphatic carbocycles. The first kappa shape index (κ1) is 12.0. The Morgan fingerprint density at radius 2 is 1.95 bits per heavy atom. The summed E-state index contributed by atoms with van der Waals surface area (Å²) in [6.07, 6.45) is 4.94. The molecule has 0 unspecified atom stereocenters. The Morgan fingerprint density at radius 1 is 1.15 bits per heavy atom. The van der Waals surface area contributed by atoms with Crippen molar-refractivity contribution in [3.63, 3.8) is 0 Å². The molecule has 0 N–H and O–H groups in total. The van der Waals surface area contributed by atoms with Gasteiger partial charge in [0.1, 0.15) is 11.9 Å². The van der Waals surface area contributed by atoms with Gasteiger partial charge in [-0.1, -0.05) is 12.1 Å². The molecule has 1 aromatic carbocycles. The summed E-state index contributed by atoms with van der Waals surface area (Å²) in [7, 11) is 0. The summed E-state index contributed by atoms with van der Waals surface area (Å²) in [6, 6.07) is 10.5. The molecule has 20 heavy (non-hydrogen) atoms. The third kappa shape index (κ3) is 2.10. The number of nitriles is 1. The quantitative estimate of drug-likeness (QED) is 0.861. The average molecular weight is 282 g/mol. The summed E-state index contributed by atoms with van der Waals surface area (Å²) in [6.45, 7) is 0. The van der Waals surface area contributed by atoms with E-state index in [9.17, 15) is 5.26 Å². The fourth-order valence-electron chi connectivity index (χ4n) is 2.40. The topological polar surface area (TPSA) is 54.5 Å². The van der Waals surface area contributed by atoms with E-state index >= 15 is 0 Å². The van der Waals surface area contributed by atoms with Crippen molar-refractivity contribution < 1.29 is 0 Å². The Balaban J connectivity index is 1.70. The van der Waals surface area contributed by atoms with E-state index in [1.165, 1.54) is 25.7 Å². The monoisotopic (exact) mass is 282 g/mol. The maximum Gasteiger partial charge on any atom is 0.196 e. The first-order chi connectivity index (χ1) is 9.86. The van der Waals surface area contributed by atoms with Crippen LogP contribution in [-0.4, -0.2) is 14.8 Å². The van der Waals surface area contributed by atoms with E-state index in [2.05, 4.69) is 20.8 Å². The van der Waals surface area contributed by atoms with Gasteiger partial charge in [-0.15, -0.1) is 10.2 Å². The van der Waals surface area contributed by atoms with Gasteiger partial charge in [-0.2, -0.15) is 5.26 Å². The van der Waals surface area contributed by atoms with Gasteiger partial charge in [0, 0.05) is 16.9 Å². The van der Waals surface area contributed by atoms with Crippen molar-refractivity contribution in [3.05, 3.63) is 35.7 Å². The largest absolute Gasteiger partial charge is 0.302 e. The normalized spacial score (nSPS) is 17.9. The Bertz CT molecular complexity index is 692. The van der Waals surface area contributed by atoms with E-state index < -0.39 is 0 Å². The number of nitrogens with zero attached hydrogens (tertiary/aromatic N) is 4. The van der Waals surface area contributed by atoms with E-state index in [1.54, 1.807) is 11.8 Å². The molecule has 0 aliphatic heterocycles. The van der Waals surface area contributed by atoms with E-state index in [0.29, 0.717) is 17.5 Å². The van der Waals surface area contributed by atoms with Gasteiger partial charge in [0.15, 0.2) is 5.16 Å². The molecule has 0 bridgehead atoms. The molecule has 100 valence electrons. The molecule has 4 nitrogen and oxygen atoms in total. The molecule has 2 aliphatic rings. The van der Waals surface area contributed by atoms with Gasteiger partial charge in [-0.3, -0.25) is 0 Å². The van der Waals surface area contributed by atoms with E-state index in [1.807, 2.05) is 24.3 Å². The fraction of sp³-hybridized carbons (Fsp3) is 0.400. The summed E-state index contributed by atoms with van der Waals surface area (Å²) in [4.78, 5) is 0.964. The zero-order valence-electron chi connectivity index (χ0n) is 11.0. The molecule has 2 fully saturated rings. The van der Waals surface area contributed by atoms with Gasteiger partial charge in [0.25, 0.3) is 0 Å². The lowest BCUT2D eigenvalue weighted by Gasteiger charge is -2.08. The molecule has 0 spiro atoms. The van der Waals surface area contributed by atoms with Crippen LogP contribution in [-0.2, 0) is 0 Å². The van der Waals surface area contributed by atoms with Crippen LogP contribution in [0.25, 0.3) is 0 Å². The SMILES string of the molecule is N#Cc1ccccc1Sc1nnc(C2CC2)n1C1CC1. The molecular weight excluding hydrogens is 268 g/mol. The maximum absolute atomic E-state index is 9.18. The maximum atomic E-state index is 9.18. The van der Waals surface area contributed by atoms with Crippen molar-refractivity contribution >= 4 is 11.8 Å². The predicted molar refractivity (Wildman–Crippen MR) is 75.5 cm³/mol. The summed E-state index contributed by atoms with van der Waals surface area (Å²) in [5, 5.41) is 18.9. The minimum atomic E-state index is 0.581. The van der Waals surface area contributed by atoms with Crippen LogP contribution >= 0.6 is 11.8 Å². The number of hydrogen-bond donors (Lipinski definition) is 0. The number of hydrogen-bond acceptors (Lipinski definition) is 4. The van der Waals surface area contributed by atoms with E-state index in [-0.39, 0.29) is 0 Å². The Labute approximate surface area is 121 Å². The highest BCUT2D eigenvalue weighted by molar-refractivity contribution is 7.99. The molecule has 0 atom stereocenters. The molecular formula is C15H14N4S. The van der Waals surface area contributed by atoms with Crippen LogP contribution in [0.4, 0.5) is 0 Å². The molecule has 0 amide bonds. The van der Waals surface area contributed by atoms with Gasteiger partial charge < -0.3 is 4.57 Å². The summed E-state index contributed by atoms with van der Waals surface area (Å²) < 4.78 is 2.32. The third-order valence-electron chi connectivity index (χ3n) is 3.75. The highest BCUT2D eigenvalue weighted by Crippen LogP contribution is 2.46. The van der Waals surface area contributed by atoms with Crippen LogP contribution in [0.1, 0.15) is 49.0 Å². The van der Waals surface area contributed by atoms with Crippen LogP contribution in [0, 0.1) is 11.3 Å². The summed E-state index contributed by atoms with van der Waals surface area (Å²) in [5.74, 6) is 1.77. The highest BCUT2D eigenvalue weighted by Gasteiger charge is 2.36. The molecule has 4 rings (SSSR count). The highest BCUT2D eigenvalue weighted by atomic mass is 32.2. The zero-order valence-corrected chi connectivity index (χ0v) is 11.8. The van der Waals surface area contributed by atoms with Crippen molar-refractivity contribution in [1.82, 2.24) is 14.8 Å². The first-order valence-electron chi connectivity index (χ1n) is 6.98. The fourth-order valence-corrected chi connectivity index (χ4v) is 3.39. The van der Waals surface area contributed by atoms with Gasteiger partial charge >= 0.3 is 0 Å². The van der Waals surface area contributed by atoms with Gasteiger partial charge in [-0.05, 0) is 49.6 Å². The van der Waals surface area contributed by atoms with Crippen molar-refractivity contribution in [3.8, 4) is 6.07 Å². The van der Waals surface area contributed by atoms with Crippen molar-refractivity contribution in [2.24, 2.45) is 0 Å². The van der Waals surface area contributed by atoms with Gasteiger partial charge in [-0.25, -0.2) is 0 Å². The van der Waals surface area contributed by atoms with Crippen molar-refractivity contribution in [2.75, 3.05) is 0 Å².